The van der Waals surface area contributed by atoms with E-state index in [9.17, 15) is 0 Å². The van der Waals surface area contributed by atoms with Gasteiger partial charge in [-0.15, -0.1) is 0 Å². The molecule has 2 rings (SSSR count). The predicted molar refractivity (Wildman–Crippen MR) is 87.5 cm³/mol. The molecule has 0 atom stereocenters. The van der Waals surface area contributed by atoms with Crippen LogP contribution in [0, 0.1) is 5.92 Å². The Bertz CT molecular complexity index is 418. The molecule has 0 radical (unpaired) electrons. The van der Waals surface area contributed by atoms with Crippen LogP contribution >= 0.6 is 0 Å². The topological polar surface area (TPSA) is 33.7 Å². The fraction of sp³-hybridized carbons (Fsp3) is 0.647. The lowest BCUT2D eigenvalue weighted by molar-refractivity contribution is 0.198. The van der Waals surface area contributed by atoms with Crippen LogP contribution in [0.4, 0.5) is 5.69 Å². The van der Waals surface area contributed by atoms with Crippen molar-refractivity contribution in [3.63, 3.8) is 0 Å². The van der Waals surface area contributed by atoms with Gasteiger partial charge in [0.15, 0.2) is 0 Å². The first-order chi connectivity index (χ1) is 10.1. The minimum atomic E-state index is 0.533. The average molecular weight is 292 g/mol. The van der Waals surface area contributed by atoms with E-state index < -0.39 is 0 Å². The quantitative estimate of drug-likeness (QED) is 0.873. The van der Waals surface area contributed by atoms with Crippen LogP contribution in [-0.2, 0) is 0 Å². The second kappa shape index (κ2) is 7.55. The van der Waals surface area contributed by atoms with Crippen molar-refractivity contribution in [2.24, 2.45) is 5.92 Å². The fourth-order valence-corrected chi connectivity index (χ4v) is 2.90. The number of methoxy groups -OCH3 is 2. The molecule has 118 valence electrons. The lowest BCUT2D eigenvalue weighted by atomic mass is 10.0. The average Bonchev–Trinajstić information content (AvgIpc) is 2.48. The third-order valence-corrected chi connectivity index (χ3v) is 3.93. The zero-order valence-electron chi connectivity index (χ0n) is 13.7. The molecule has 1 aromatic carbocycles. The zero-order valence-corrected chi connectivity index (χ0v) is 13.7. The number of anilines is 1. The monoisotopic (exact) mass is 292 g/mol. The highest BCUT2D eigenvalue weighted by Gasteiger charge is 2.19. The van der Waals surface area contributed by atoms with Gasteiger partial charge in [0.1, 0.15) is 11.5 Å². The third kappa shape index (κ3) is 4.81. The maximum absolute atomic E-state index is 5.32. The van der Waals surface area contributed by atoms with Crippen molar-refractivity contribution in [3.8, 4) is 11.5 Å². The summed E-state index contributed by atoms with van der Waals surface area (Å²) in [6, 6.07) is 6.49. The van der Waals surface area contributed by atoms with Gasteiger partial charge < -0.3 is 19.7 Å². The lowest BCUT2D eigenvalue weighted by Gasteiger charge is -2.33. The molecule has 21 heavy (non-hydrogen) atoms. The van der Waals surface area contributed by atoms with E-state index in [0.29, 0.717) is 6.04 Å². The number of benzene rings is 1. The van der Waals surface area contributed by atoms with Gasteiger partial charge in [-0.25, -0.2) is 0 Å². The highest BCUT2D eigenvalue weighted by atomic mass is 16.5. The van der Waals surface area contributed by atoms with Gasteiger partial charge >= 0.3 is 0 Å². The molecule has 4 heteroatoms. The SMILES string of the molecule is COc1cc(NC2CCN(CC(C)C)CC2)cc(OC)c1. The molecule has 1 aliphatic heterocycles. The molecule has 4 nitrogen and oxygen atoms in total. The number of rotatable bonds is 6. The van der Waals surface area contributed by atoms with Crippen LogP contribution in [0.2, 0.25) is 0 Å². The van der Waals surface area contributed by atoms with E-state index in [-0.39, 0.29) is 0 Å². The number of hydrogen-bond donors (Lipinski definition) is 1. The van der Waals surface area contributed by atoms with Crippen LogP contribution < -0.4 is 14.8 Å². The molecule has 0 spiro atoms. The van der Waals surface area contributed by atoms with E-state index in [0.717, 1.165) is 23.1 Å². The number of likely N-dealkylation sites (tertiary alicyclic amines) is 1. The second-order valence-electron chi connectivity index (χ2n) is 6.21. The molecule has 0 bridgehead atoms. The van der Waals surface area contributed by atoms with Gasteiger partial charge in [-0.2, -0.15) is 0 Å². The lowest BCUT2D eigenvalue weighted by Crippen LogP contribution is -2.40. The molecule has 0 unspecified atom stereocenters. The minimum absolute atomic E-state index is 0.533. The Hall–Kier alpha value is -1.42. The maximum atomic E-state index is 5.32. The van der Waals surface area contributed by atoms with Gasteiger partial charge in [0.05, 0.1) is 14.2 Å². The zero-order chi connectivity index (χ0) is 15.2. The van der Waals surface area contributed by atoms with Gasteiger partial charge in [0.2, 0.25) is 0 Å². The first-order valence-corrected chi connectivity index (χ1v) is 7.82. The molecular formula is C17H28N2O2. The first-order valence-electron chi connectivity index (χ1n) is 7.82. The van der Waals surface area contributed by atoms with Crippen LogP contribution in [0.3, 0.4) is 0 Å². The summed E-state index contributed by atoms with van der Waals surface area (Å²) in [5.41, 5.74) is 1.08. The Morgan fingerprint density at radius 3 is 2.14 bits per heavy atom. The second-order valence-corrected chi connectivity index (χ2v) is 6.21. The van der Waals surface area contributed by atoms with Crippen molar-refractivity contribution in [3.05, 3.63) is 18.2 Å². The van der Waals surface area contributed by atoms with Crippen LogP contribution in [0.1, 0.15) is 26.7 Å². The summed E-state index contributed by atoms with van der Waals surface area (Å²) >= 11 is 0. The molecule has 1 N–H and O–H groups in total. The Balaban J connectivity index is 1.91. The standard InChI is InChI=1S/C17H28N2O2/c1-13(2)12-19-7-5-14(6-8-19)18-15-9-16(20-3)11-17(10-15)21-4/h9-11,13-14,18H,5-8,12H2,1-4H3. The summed E-state index contributed by atoms with van der Waals surface area (Å²) in [4.78, 5) is 2.56. The molecular weight excluding hydrogens is 264 g/mol. The summed E-state index contributed by atoms with van der Waals surface area (Å²) < 4.78 is 10.6. The van der Waals surface area contributed by atoms with Crippen molar-refractivity contribution < 1.29 is 9.47 Å². The maximum Gasteiger partial charge on any atom is 0.124 e. The van der Waals surface area contributed by atoms with Crippen molar-refractivity contribution in [2.75, 3.05) is 39.2 Å². The van der Waals surface area contributed by atoms with Crippen LogP contribution in [0.5, 0.6) is 11.5 Å². The van der Waals surface area contributed by atoms with Crippen LogP contribution in [-0.4, -0.2) is 44.8 Å². The normalized spacial score (nSPS) is 17.0. The van der Waals surface area contributed by atoms with E-state index in [1.807, 2.05) is 18.2 Å². The minimum Gasteiger partial charge on any atom is -0.497 e. The highest BCUT2D eigenvalue weighted by molar-refractivity contribution is 5.54. The molecule has 0 saturated carbocycles. The molecule has 1 heterocycles. The number of nitrogens with one attached hydrogen (secondary N) is 1. The van der Waals surface area contributed by atoms with Gasteiger partial charge in [0.25, 0.3) is 0 Å². The first kappa shape index (κ1) is 16.0. The largest absolute Gasteiger partial charge is 0.497 e. The number of piperidine rings is 1. The van der Waals surface area contributed by atoms with Crippen molar-refractivity contribution >= 4 is 5.69 Å². The van der Waals surface area contributed by atoms with E-state index in [1.165, 1.54) is 32.5 Å². The molecule has 0 aromatic heterocycles. The molecule has 1 aromatic rings. The van der Waals surface area contributed by atoms with Gasteiger partial charge in [-0.1, -0.05) is 13.8 Å². The van der Waals surface area contributed by atoms with Crippen LogP contribution in [0.15, 0.2) is 18.2 Å². The smallest absolute Gasteiger partial charge is 0.124 e. The third-order valence-electron chi connectivity index (χ3n) is 3.93. The van der Waals surface area contributed by atoms with Crippen molar-refractivity contribution in [1.82, 2.24) is 4.90 Å². The molecule has 1 saturated heterocycles. The summed E-state index contributed by atoms with van der Waals surface area (Å²) in [5, 5.41) is 3.62. The molecule has 0 amide bonds. The number of hydrogen-bond acceptors (Lipinski definition) is 4. The van der Waals surface area contributed by atoms with Crippen molar-refractivity contribution in [2.45, 2.75) is 32.7 Å². The van der Waals surface area contributed by atoms with E-state index in [4.69, 9.17) is 9.47 Å². The van der Waals surface area contributed by atoms with E-state index in [2.05, 4.69) is 24.1 Å². The van der Waals surface area contributed by atoms with Gasteiger partial charge in [-0.3, -0.25) is 0 Å². The molecule has 1 aliphatic rings. The molecule has 0 aliphatic carbocycles. The van der Waals surface area contributed by atoms with Crippen molar-refractivity contribution in [1.29, 1.82) is 0 Å². The Kier molecular flexibility index (Phi) is 5.74. The fourth-order valence-electron chi connectivity index (χ4n) is 2.90. The highest BCUT2D eigenvalue weighted by Crippen LogP contribution is 2.27. The van der Waals surface area contributed by atoms with Crippen LogP contribution in [0.25, 0.3) is 0 Å². The van der Waals surface area contributed by atoms with E-state index >= 15 is 0 Å². The summed E-state index contributed by atoms with van der Waals surface area (Å²) in [5.74, 6) is 2.40. The predicted octanol–water partition coefficient (Wildman–Crippen LogP) is 3.24. The number of ether oxygens (including phenoxy) is 2. The van der Waals surface area contributed by atoms with Gasteiger partial charge in [-0.05, 0) is 18.8 Å². The number of nitrogens with zero attached hydrogens (tertiary/aromatic N) is 1. The summed E-state index contributed by atoms with van der Waals surface area (Å²) in [6.07, 6.45) is 2.37. The summed E-state index contributed by atoms with van der Waals surface area (Å²) in [6.45, 7) is 8.13. The Morgan fingerprint density at radius 1 is 1.10 bits per heavy atom. The van der Waals surface area contributed by atoms with Gasteiger partial charge in [0, 0.05) is 49.6 Å². The Labute approximate surface area is 128 Å². The summed E-state index contributed by atoms with van der Waals surface area (Å²) in [7, 11) is 3.37. The Morgan fingerprint density at radius 2 is 1.67 bits per heavy atom. The molecule has 1 fully saturated rings. The van der Waals surface area contributed by atoms with E-state index in [1.54, 1.807) is 14.2 Å².